The molecule has 7 heteroatoms. The first-order valence-electron chi connectivity index (χ1n) is 5.16. The van der Waals surface area contributed by atoms with Gasteiger partial charge in [-0.3, -0.25) is 0 Å². The highest BCUT2D eigenvalue weighted by Crippen LogP contribution is 2.51. The number of nitrogens with two attached hydrogens (primary N) is 1. The molecule has 0 saturated heterocycles. The van der Waals surface area contributed by atoms with Gasteiger partial charge in [0.1, 0.15) is 4.24 Å². The summed E-state index contributed by atoms with van der Waals surface area (Å²) in [6, 6.07) is 0. The zero-order chi connectivity index (χ0) is 12.6. The highest BCUT2D eigenvalue weighted by atomic mass is 32.3. The first-order valence-corrected chi connectivity index (χ1v) is 8.47. The predicted molar refractivity (Wildman–Crippen MR) is 74.6 cm³/mol. The fourth-order valence-corrected chi connectivity index (χ4v) is 5.73. The average molecular weight is 290 g/mol. The number of sulfonamides is 1. The minimum atomic E-state index is -3.65. The van der Waals surface area contributed by atoms with E-state index >= 15 is 0 Å². The number of nitrogens with one attached hydrogen (secondary N) is 1. The van der Waals surface area contributed by atoms with E-state index in [-0.39, 0.29) is 8.82 Å². The van der Waals surface area contributed by atoms with Gasteiger partial charge in [-0.25, -0.2) is 13.6 Å². The smallest absolute Gasteiger partial charge is 0.246 e. The molecule has 0 aromatic rings. The highest BCUT2D eigenvalue weighted by molar-refractivity contribution is 8.27. The average Bonchev–Trinajstić information content (AvgIpc) is 2.56. The maximum atomic E-state index is 11.5. The number of thioether (sulfide) groups is 2. The normalized spacial score (nSPS) is 24.3. The molecule has 0 aromatic heterocycles. The summed E-state index contributed by atoms with van der Waals surface area (Å²) in [5.41, 5.74) is 1.68. The molecule has 94 valence electrons. The van der Waals surface area contributed by atoms with E-state index in [1.54, 1.807) is 11.8 Å². The Labute approximate surface area is 110 Å². The van der Waals surface area contributed by atoms with E-state index in [1.165, 1.54) is 16.7 Å². The Balaban J connectivity index is 2.47. The Morgan fingerprint density at radius 3 is 2.71 bits per heavy atom. The van der Waals surface area contributed by atoms with Crippen molar-refractivity contribution in [1.29, 1.82) is 0 Å². The van der Waals surface area contributed by atoms with Crippen molar-refractivity contribution in [1.82, 2.24) is 5.32 Å². The summed E-state index contributed by atoms with van der Waals surface area (Å²) in [6.45, 7) is 4.62. The van der Waals surface area contributed by atoms with Crippen molar-refractivity contribution < 1.29 is 8.42 Å². The quantitative estimate of drug-likeness (QED) is 0.828. The molecule has 0 saturated carbocycles. The minimum absolute atomic E-state index is 0.0994. The topological polar surface area (TPSA) is 72.2 Å². The zero-order valence-corrected chi connectivity index (χ0v) is 12.0. The highest BCUT2D eigenvalue weighted by Gasteiger charge is 2.36. The summed E-state index contributed by atoms with van der Waals surface area (Å²) >= 11 is 2.97. The molecule has 0 amide bonds. The van der Waals surface area contributed by atoms with E-state index in [1.807, 2.05) is 26.0 Å². The Hall–Kier alpha value is -0.370. The van der Waals surface area contributed by atoms with Gasteiger partial charge in [-0.1, -0.05) is 23.9 Å². The summed E-state index contributed by atoms with van der Waals surface area (Å²) in [5.74, 6) is 0. The Bertz CT molecular complexity index is 532. The van der Waals surface area contributed by atoms with Gasteiger partial charge in [0.05, 0.1) is 10.3 Å². The van der Waals surface area contributed by atoms with Crippen molar-refractivity contribution in [2.75, 3.05) is 6.54 Å². The van der Waals surface area contributed by atoms with Crippen molar-refractivity contribution in [3.63, 3.8) is 0 Å². The predicted octanol–water partition coefficient (Wildman–Crippen LogP) is 1.70. The molecule has 0 aromatic carbocycles. The van der Waals surface area contributed by atoms with Crippen molar-refractivity contribution >= 4 is 33.5 Å². The van der Waals surface area contributed by atoms with Crippen LogP contribution in [0.15, 0.2) is 32.6 Å². The minimum Gasteiger partial charge on any atom is -0.384 e. The van der Waals surface area contributed by atoms with E-state index < -0.39 is 10.0 Å². The number of fused-ring (bicyclic) bond motifs is 1. The Kier molecular flexibility index (Phi) is 3.63. The van der Waals surface area contributed by atoms with Crippen molar-refractivity contribution in [2.45, 2.75) is 18.4 Å². The van der Waals surface area contributed by atoms with Crippen LogP contribution >= 0.6 is 23.5 Å². The van der Waals surface area contributed by atoms with Crippen LogP contribution in [0.3, 0.4) is 0 Å². The summed E-state index contributed by atoms with van der Waals surface area (Å²) in [6.07, 6.45) is 3.97. The monoisotopic (exact) mass is 290 g/mol. The molecule has 1 unspecified atom stereocenters. The SMILES string of the molecule is CCNC1=C(S(N)(=O)=O)SC2SC(C)=CC=C12. The van der Waals surface area contributed by atoms with E-state index in [9.17, 15) is 8.42 Å². The first-order chi connectivity index (χ1) is 7.93. The molecule has 2 heterocycles. The third kappa shape index (κ3) is 2.57. The Morgan fingerprint density at radius 2 is 2.12 bits per heavy atom. The van der Waals surface area contributed by atoms with Crippen molar-refractivity contribution in [2.24, 2.45) is 5.14 Å². The van der Waals surface area contributed by atoms with Gasteiger partial charge >= 0.3 is 0 Å². The lowest BCUT2D eigenvalue weighted by atomic mass is 10.2. The molecule has 2 aliphatic rings. The van der Waals surface area contributed by atoms with Crippen LogP contribution in [-0.2, 0) is 10.0 Å². The molecule has 0 radical (unpaired) electrons. The number of hydrogen-bond donors (Lipinski definition) is 2. The summed E-state index contributed by atoms with van der Waals surface area (Å²) in [5, 5.41) is 8.35. The lowest BCUT2D eigenvalue weighted by molar-refractivity contribution is 0.605. The number of hydrogen-bond acceptors (Lipinski definition) is 5. The second-order valence-corrected chi connectivity index (χ2v) is 8.23. The van der Waals surface area contributed by atoms with Crippen LogP contribution in [0, 0.1) is 0 Å². The molecule has 0 bridgehead atoms. The summed E-state index contributed by atoms with van der Waals surface area (Å²) < 4.78 is 23.5. The fourth-order valence-electron chi connectivity index (χ4n) is 1.68. The molecular weight excluding hydrogens is 276 g/mol. The molecule has 1 atom stereocenters. The molecule has 0 fully saturated rings. The largest absolute Gasteiger partial charge is 0.384 e. The van der Waals surface area contributed by atoms with Gasteiger partial charge in [-0.2, -0.15) is 0 Å². The van der Waals surface area contributed by atoms with Crippen LogP contribution < -0.4 is 10.5 Å². The van der Waals surface area contributed by atoms with Crippen LogP contribution in [0.4, 0.5) is 0 Å². The number of allylic oxidation sites excluding steroid dienone is 4. The molecule has 0 aliphatic carbocycles. The standard InChI is InChI=1S/C10H14N2O2S3/c1-3-12-8-7-5-4-6(2)15-9(7)16-10(8)17(11,13)14/h4-5,9,12H,3H2,1-2H3,(H2,11,13,14). The third-order valence-electron chi connectivity index (χ3n) is 2.36. The summed E-state index contributed by atoms with van der Waals surface area (Å²) in [4.78, 5) is 1.18. The Morgan fingerprint density at radius 1 is 1.41 bits per heavy atom. The lowest BCUT2D eigenvalue weighted by Gasteiger charge is -2.17. The van der Waals surface area contributed by atoms with Crippen molar-refractivity contribution in [3.8, 4) is 0 Å². The van der Waals surface area contributed by atoms with E-state index in [2.05, 4.69) is 5.32 Å². The number of primary sulfonamides is 1. The third-order valence-corrected chi connectivity index (χ3v) is 6.51. The van der Waals surface area contributed by atoms with Crippen LogP contribution in [0.1, 0.15) is 13.8 Å². The first kappa shape index (κ1) is 13.1. The van der Waals surface area contributed by atoms with Gasteiger partial charge in [-0.05, 0) is 18.8 Å². The van der Waals surface area contributed by atoms with Gasteiger partial charge in [-0.15, -0.1) is 11.8 Å². The lowest BCUT2D eigenvalue weighted by Crippen LogP contribution is -2.20. The molecule has 3 N–H and O–H groups in total. The number of likely N-dealkylation sites (N-methyl/N-ethyl adjacent to an activating group) is 1. The van der Waals surface area contributed by atoms with Crippen LogP contribution in [0.5, 0.6) is 0 Å². The van der Waals surface area contributed by atoms with E-state index in [0.717, 1.165) is 5.57 Å². The fraction of sp³-hybridized carbons (Fsp3) is 0.400. The molecule has 2 rings (SSSR count). The van der Waals surface area contributed by atoms with Gasteiger partial charge in [0.15, 0.2) is 0 Å². The molecule has 17 heavy (non-hydrogen) atoms. The van der Waals surface area contributed by atoms with Gasteiger partial charge in [0.25, 0.3) is 0 Å². The van der Waals surface area contributed by atoms with Crippen LogP contribution in [0.2, 0.25) is 0 Å². The molecule has 0 spiro atoms. The van der Waals surface area contributed by atoms with Gasteiger partial charge < -0.3 is 5.32 Å². The molecular formula is C10H14N2O2S3. The van der Waals surface area contributed by atoms with E-state index in [0.29, 0.717) is 12.2 Å². The van der Waals surface area contributed by atoms with Crippen LogP contribution in [0.25, 0.3) is 0 Å². The number of rotatable bonds is 3. The van der Waals surface area contributed by atoms with E-state index in [4.69, 9.17) is 5.14 Å². The molecule has 4 nitrogen and oxygen atoms in total. The van der Waals surface area contributed by atoms with Crippen molar-refractivity contribution in [3.05, 3.63) is 32.6 Å². The van der Waals surface area contributed by atoms with Crippen LogP contribution in [-0.4, -0.2) is 19.5 Å². The second kappa shape index (κ2) is 4.72. The maximum absolute atomic E-state index is 11.5. The van der Waals surface area contributed by atoms with Gasteiger partial charge in [0.2, 0.25) is 10.0 Å². The van der Waals surface area contributed by atoms with Gasteiger partial charge in [0, 0.05) is 12.1 Å². The second-order valence-electron chi connectivity index (χ2n) is 3.70. The molecule has 2 aliphatic heterocycles. The zero-order valence-electron chi connectivity index (χ0n) is 9.56. The summed E-state index contributed by atoms with van der Waals surface area (Å²) in [7, 11) is -3.65. The maximum Gasteiger partial charge on any atom is 0.246 e.